The van der Waals surface area contributed by atoms with Gasteiger partial charge in [-0.2, -0.15) is 8.78 Å². The van der Waals surface area contributed by atoms with E-state index in [-0.39, 0.29) is 51.7 Å². The van der Waals surface area contributed by atoms with Crippen LogP contribution in [0, 0.1) is 5.82 Å². The van der Waals surface area contributed by atoms with E-state index in [0.717, 1.165) is 24.3 Å². The SMILES string of the molecule is C=CC(=O)Oc1ccc(-c2ccc(-c3ccc(-c4ccc(OC(=O)C=C)c(OC(O)C=C)c4)cc3F)cc2OC=C(F)F)cc1OC(=O)C=C. The first-order chi connectivity index (χ1) is 24.0. The Balaban J connectivity index is 1.75. The monoisotopic (exact) mass is 684 g/mol. The van der Waals surface area contributed by atoms with E-state index in [1.807, 2.05) is 0 Å². The second-order valence-corrected chi connectivity index (χ2v) is 9.87. The van der Waals surface area contributed by atoms with Gasteiger partial charge in [-0.25, -0.2) is 18.8 Å². The number of carbonyl (C=O) groups is 3. The highest BCUT2D eigenvalue weighted by Gasteiger charge is 2.18. The van der Waals surface area contributed by atoms with E-state index >= 15 is 4.39 Å². The van der Waals surface area contributed by atoms with Gasteiger partial charge in [0.1, 0.15) is 11.6 Å². The standard InChI is InChI=1S/C38H27F3O9/c1-5-35(42)47-29-15-11-23(18-32(29)49-37(44)7-3)22-9-13-26(28(39)17-22)24-10-14-27(31(19-24)46-21-34(40)41)25-12-16-30(48-36(43)6-2)33(20-25)50-38(45)8-4/h5-21,37,44H,1-4H2. The number of ether oxygens (including phenoxy) is 5. The number of halogens is 3. The second kappa shape index (κ2) is 16.4. The van der Waals surface area contributed by atoms with Crippen molar-refractivity contribution in [1.82, 2.24) is 0 Å². The van der Waals surface area contributed by atoms with Crippen molar-refractivity contribution in [2.24, 2.45) is 0 Å². The Hall–Kier alpha value is -6.66. The first-order valence-electron chi connectivity index (χ1n) is 14.4. The van der Waals surface area contributed by atoms with E-state index in [0.29, 0.717) is 16.7 Å². The van der Waals surface area contributed by atoms with E-state index in [2.05, 4.69) is 26.3 Å². The van der Waals surface area contributed by atoms with E-state index in [4.69, 9.17) is 23.7 Å². The van der Waals surface area contributed by atoms with Crippen LogP contribution < -0.4 is 23.7 Å². The maximum absolute atomic E-state index is 15.7. The number of carbonyl (C=O) groups excluding carboxylic acids is 3. The summed E-state index contributed by atoms with van der Waals surface area (Å²) in [6.07, 6.45) is 0.473. The summed E-state index contributed by atoms with van der Waals surface area (Å²) in [7, 11) is 0. The molecule has 1 atom stereocenters. The first-order valence-corrected chi connectivity index (χ1v) is 14.4. The number of esters is 3. The molecule has 0 radical (unpaired) electrons. The molecule has 0 spiro atoms. The lowest BCUT2D eigenvalue weighted by molar-refractivity contribution is -0.131. The zero-order chi connectivity index (χ0) is 36.4. The molecule has 0 heterocycles. The molecule has 0 aliphatic rings. The van der Waals surface area contributed by atoms with Crippen LogP contribution in [0.15, 0.2) is 136 Å². The minimum Gasteiger partial charge on any atom is -0.459 e. The van der Waals surface area contributed by atoms with Gasteiger partial charge in [-0.15, -0.1) is 0 Å². The molecule has 0 aromatic heterocycles. The van der Waals surface area contributed by atoms with E-state index in [9.17, 15) is 28.3 Å². The molecule has 4 aromatic carbocycles. The molecule has 4 rings (SSSR count). The second-order valence-electron chi connectivity index (χ2n) is 9.87. The van der Waals surface area contributed by atoms with Crippen molar-refractivity contribution in [1.29, 1.82) is 0 Å². The molecule has 254 valence electrons. The molecule has 0 bridgehead atoms. The smallest absolute Gasteiger partial charge is 0.335 e. The Morgan fingerprint density at radius 3 is 1.64 bits per heavy atom. The van der Waals surface area contributed by atoms with Crippen LogP contribution in [-0.2, 0) is 14.4 Å². The lowest BCUT2D eigenvalue weighted by Gasteiger charge is -2.16. The van der Waals surface area contributed by atoms with Crippen LogP contribution >= 0.6 is 0 Å². The zero-order valence-corrected chi connectivity index (χ0v) is 26.1. The topological polar surface area (TPSA) is 118 Å². The van der Waals surface area contributed by atoms with Gasteiger partial charge < -0.3 is 28.8 Å². The molecule has 0 saturated carbocycles. The van der Waals surface area contributed by atoms with Crippen LogP contribution in [0.2, 0.25) is 0 Å². The fourth-order valence-corrected chi connectivity index (χ4v) is 4.39. The third-order valence-electron chi connectivity index (χ3n) is 6.65. The molecule has 9 nitrogen and oxygen atoms in total. The normalized spacial score (nSPS) is 10.9. The molecule has 50 heavy (non-hydrogen) atoms. The van der Waals surface area contributed by atoms with Crippen molar-refractivity contribution < 1.29 is 56.3 Å². The van der Waals surface area contributed by atoms with Gasteiger partial charge in [0.25, 0.3) is 0 Å². The molecule has 0 amide bonds. The predicted molar refractivity (Wildman–Crippen MR) is 178 cm³/mol. The molecule has 12 heteroatoms. The average molecular weight is 685 g/mol. The van der Waals surface area contributed by atoms with Gasteiger partial charge in [0.2, 0.25) is 6.29 Å². The third-order valence-corrected chi connectivity index (χ3v) is 6.65. The Kier molecular flexibility index (Phi) is 11.9. The summed E-state index contributed by atoms with van der Waals surface area (Å²) in [5.74, 6) is -3.66. The van der Waals surface area contributed by atoms with Crippen LogP contribution in [0.4, 0.5) is 13.2 Å². The minimum absolute atomic E-state index is 0.0265. The quantitative estimate of drug-likeness (QED) is 0.0351. The first kappa shape index (κ1) is 36.2. The number of hydrogen-bond donors (Lipinski definition) is 1. The van der Waals surface area contributed by atoms with Gasteiger partial charge >= 0.3 is 24.0 Å². The van der Waals surface area contributed by atoms with Crippen molar-refractivity contribution in [3.63, 3.8) is 0 Å². The molecule has 1 N–H and O–H groups in total. The molecule has 0 fully saturated rings. The summed E-state index contributed by atoms with van der Waals surface area (Å²) >= 11 is 0. The van der Waals surface area contributed by atoms with Gasteiger partial charge in [0.05, 0.1) is 0 Å². The Labute approximate surface area is 284 Å². The number of aliphatic hydroxyl groups excluding tert-OH is 1. The maximum Gasteiger partial charge on any atom is 0.335 e. The van der Waals surface area contributed by atoms with Crippen molar-refractivity contribution >= 4 is 17.9 Å². The van der Waals surface area contributed by atoms with E-state index in [1.165, 1.54) is 66.7 Å². The Morgan fingerprint density at radius 1 is 0.600 bits per heavy atom. The molecule has 4 aromatic rings. The number of benzene rings is 4. The van der Waals surface area contributed by atoms with Gasteiger partial charge in [0.15, 0.2) is 29.3 Å². The molecule has 0 aliphatic heterocycles. The van der Waals surface area contributed by atoms with E-state index in [1.54, 1.807) is 6.07 Å². The maximum atomic E-state index is 15.7. The fourth-order valence-electron chi connectivity index (χ4n) is 4.39. The average Bonchev–Trinajstić information content (AvgIpc) is 3.11. The molecular weight excluding hydrogens is 657 g/mol. The van der Waals surface area contributed by atoms with Crippen molar-refractivity contribution in [3.8, 4) is 62.1 Å². The summed E-state index contributed by atoms with van der Waals surface area (Å²) in [5, 5.41) is 9.93. The number of rotatable bonds is 14. The summed E-state index contributed by atoms with van der Waals surface area (Å²) in [5.41, 5.74) is 1.66. The van der Waals surface area contributed by atoms with Gasteiger partial charge in [0, 0.05) is 29.4 Å². The van der Waals surface area contributed by atoms with Crippen LogP contribution in [0.3, 0.4) is 0 Å². The fraction of sp³-hybridized carbons (Fsp3) is 0.0263. The minimum atomic E-state index is -2.14. The summed E-state index contributed by atoms with van der Waals surface area (Å²) < 4.78 is 68.1. The predicted octanol–water partition coefficient (Wildman–Crippen LogP) is 8.10. The van der Waals surface area contributed by atoms with Gasteiger partial charge in [-0.1, -0.05) is 62.7 Å². The molecule has 1 unspecified atom stereocenters. The van der Waals surface area contributed by atoms with Crippen LogP contribution in [-0.4, -0.2) is 29.3 Å². The summed E-state index contributed by atoms with van der Waals surface area (Å²) in [6, 6.07) is 17.0. The summed E-state index contributed by atoms with van der Waals surface area (Å²) in [4.78, 5) is 35.5. The van der Waals surface area contributed by atoms with Crippen molar-refractivity contribution in [2.75, 3.05) is 0 Å². The van der Waals surface area contributed by atoms with Crippen LogP contribution in [0.25, 0.3) is 33.4 Å². The Morgan fingerprint density at radius 2 is 1.06 bits per heavy atom. The largest absolute Gasteiger partial charge is 0.459 e. The highest BCUT2D eigenvalue weighted by atomic mass is 19.3. The Bertz CT molecular complexity index is 2030. The lowest BCUT2D eigenvalue weighted by atomic mass is 9.96. The molecule has 0 aliphatic carbocycles. The van der Waals surface area contributed by atoms with Crippen molar-refractivity contribution in [2.45, 2.75) is 6.29 Å². The zero-order valence-electron chi connectivity index (χ0n) is 26.1. The van der Waals surface area contributed by atoms with Crippen LogP contribution in [0.1, 0.15) is 0 Å². The van der Waals surface area contributed by atoms with Gasteiger partial charge in [-0.05, 0) is 64.7 Å². The highest BCUT2D eigenvalue weighted by molar-refractivity contribution is 5.87. The van der Waals surface area contributed by atoms with Crippen molar-refractivity contribution in [3.05, 3.63) is 142 Å². The third kappa shape index (κ3) is 9.02. The van der Waals surface area contributed by atoms with Gasteiger partial charge in [-0.3, -0.25) is 0 Å². The number of aliphatic hydroxyl groups is 1. The van der Waals surface area contributed by atoms with Crippen LogP contribution in [0.5, 0.6) is 28.7 Å². The van der Waals surface area contributed by atoms with E-state index < -0.39 is 36.1 Å². The summed E-state index contributed by atoms with van der Waals surface area (Å²) in [6.45, 7) is 13.4. The molecular formula is C38H27F3O9. The highest BCUT2D eigenvalue weighted by Crippen LogP contribution is 2.41. The molecule has 0 saturated heterocycles. The lowest BCUT2D eigenvalue weighted by Crippen LogP contribution is -2.13. The number of hydrogen-bond acceptors (Lipinski definition) is 9.